The summed E-state index contributed by atoms with van der Waals surface area (Å²) in [7, 11) is 0. The highest BCUT2D eigenvalue weighted by atomic mass is 35.5. The SMILES string of the molecule is C[C@@H]([NH2+]CC(=O)NCc1ccccc1F)c1cc(F)c(Cl)cc1Cl. The maximum atomic E-state index is 13.5. The van der Waals surface area contributed by atoms with Crippen LogP contribution in [-0.2, 0) is 11.3 Å². The topological polar surface area (TPSA) is 45.7 Å². The van der Waals surface area contributed by atoms with Crippen LogP contribution in [0.2, 0.25) is 10.0 Å². The fourth-order valence-electron chi connectivity index (χ4n) is 2.21. The van der Waals surface area contributed by atoms with Crippen molar-refractivity contribution in [3.63, 3.8) is 0 Å². The van der Waals surface area contributed by atoms with E-state index in [1.807, 2.05) is 0 Å². The summed E-state index contributed by atoms with van der Waals surface area (Å²) in [4.78, 5) is 11.9. The molecule has 7 heteroatoms. The van der Waals surface area contributed by atoms with Gasteiger partial charge < -0.3 is 10.6 Å². The van der Waals surface area contributed by atoms with Crippen LogP contribution in [0.4, 0.5) is 8.78 Å². The first-order valence-electron chi connectivity index (χ1n) is 7.36. The van der Waals surface area contributed by atoms with Gasteiger partial charge in [0.15, 0.2) is 6.54 Å². The number of carbonyl (C=O) groups is 1. The molecule has 0 bridgehead atoms. The molecule has 0 saturated carbocycles. The third-order valence-corrected chi connectivity index (χ3v) is 4.24. The van der Waals surface area contributed by atoms with Crippen LogP contribution in [0.3, 0.4) is 0 Å². The van der Waals surface area contributed by atoms with E-state index in [4.69, 9.17) is 23.2 Å². The lowest BCUT2D eigenvalue weighted by atomic mass is 10.1. The number of hydrogen-bond acceptors (Lipinski definition) is 1. The first-order valence-corrected chi connectivity index (χ1v) is 8.12. The van der Waals surface area contributed by atoms with E-state index in [9.17, 15) is 13.6 Å². The van der Waals surface area contributed by atoms with Gasteiger partial charge in [0.05, 0.1) is 10.0 Å². The summed E-state index contributed by atoms with van der Waals surface area (Å²) >= 11 is 11.7. The molecule has 3 N–H and O–H groups in total. The first-order chi connectivity index (χ1) is 11.4. The Morgan fingerprint density at radius 3 is 2.58 bits per heavy atom. The number of quaternary nitrogens is 1. The average Bonchev–Trinajstić information content (AvgIpc) is 2.55. The Kier molecular flexibility index (Phi) is 6.54. The Morgan fingerprint density at radius 1 is 1.17 bits per heavy atom. The Balaban J connectivity index is 1.87. The summed E-state index contributed by atoms with van der Waals surface area (Å²) in [5, 5.41) is 4.66. The molecule has 0 saturated heterocycles. The number of nitrogens with one attached hydrogen (secondary N) is 1. The van der Waals surface area contributed by atoms with Crippen LogP contribution in [0.25, 0.3) is 0 Å². The van der Waals surface area contributed by atoms with Gasteiger partial charge in [0.25, 0.3) is 5.91 Å². The molecule has 0 spiro atoms. The molecule has 3 nitrogen and oxygen atoms in total. The third-order valence-electron chi connectivity index (χ3n) is 3.62. The highest BCUT2D eigenvalue weighted by Crippen LogP contribution is 2.27. The molecule has 0 aliphatic rings. The molecule has 2 aromatic carbocycles. The van der Waals surface area contributed by atoms with E-state index in [0.29, 0.717) is 16.1 Å². The average molecular weight is 374 g/mol. The largest absolute Gasteiger partial charge is 0.347 e. The number of hydrogen-bond donors (Lipinski definition) is 2. The third kappa shape index (κ3) is 4.90. The van der Waals surface area contributed by atoms with E-state index in [2.05, 4.69) is 5.32 Å². The molecule has 0 heterocycles. The monoisotopic (exact) mass is 373 g/mol. The summed E-state index contributed by atoms with van der Waals surface area (Å²) in [6.45, 7) is 2.03. The number of halogens is 4. The molecule has 1 amide bonds. The molecular formula is C17H17Cl2F2N2O+. The number of carbonyl (C=O) groups excluding carboxylic acids is 1. The van der Waals surface area contributed by atoms with Gasteiger partial charge in [-0.25, -0.2) is 8.78 Å². The van der Waals surface area contributed by atoms with Gasteiger partial charge in [-0.3, -0.25) is 4.79 Å². The van der Waals surface area contributed by atoms with E-state index in [1.54, 1.807) is 30.4 Å². The molecule has 0 unspecified atom stereocenters. The van der Waals surface area contributed by atoms with Gasteiger partial charge in [-0.15, -0.1) is 0 Å². The molecule has 24 heavy (non-hydrogen) atoms. The number of benzene rings is 2. The summed E-state index contributed by atoms with van der Waals surface area (Å²) in [5.74, 6) is -1.17. The highest BCUT2D eigenvalue weighted by molar-refractivity contribution is 6.35. The standard InChI is InChI=1S/C17H16Cl2F2N2O/c1-10(12-6-16(21)14(19)7-13(12)18)22-9-17(24)23-8-11-4-2-3-5-15(11)20/h2-7,10,22H,8-9H2,1H3,(H,23,24)/p+1/t10-/m1/s1. The van der Waals surface area contributed by atoms with Crippen molar-refractivity contribution in [1.29, 1.82) is 0 Å². The number of rotatable bonds is 6. The van der Waals surface area contributed by atoms with Crippen LogP contribution < -0.4 is 10.6 Å². The maximum absolute atomic E-state index is 13.5. The van der Waals surface area contributed by atoms with Crippen molar-refractivity contribution in [3.05, 3.63) is 69.2 Å². The van der Waals surface area contributed by atoms with Crippen molar-refractivity contribution in [2.45, 2.75) is 19.5 Å². The minimum absolute atomic E-state index is 0.0430. The second-order valence-electron chi connectivity index (χ2n) is 5.38. The normalized spacial score (nSPS) is 12.0. The second kappa shape index (κ2) is 8.42. The predicted octanol–water partition coefficient (Wildman–Crippen LogP) is 3.21. The van der Waals surface area contributed by atoms with Gasteiger partial charge in [0.1, 0.15) is 17.7 Å². The molecule has 2 rings (SSSR count). The van der Waals surface area contributed by atoms with Crippen molar-refractivity contribution in [2.24, 2.45) is 0 Å². The quantitative estimate of drug-likeness (QED) is 0.750. The fourth-order valence-corrected chi connectivity index (χ4v) is 2.76. The van der Waals surface area contributed by atoms with Crippen LogP contribution in [-0.4, -0.2) is 12.5 Å². The summed E-state index contributed by atoms with van der Waals surface area (Å²) in [5.41, 5.74) is 0.974. The van der Waals surface area contributed by atoms with Gasteiger partial charge in [-0.1, -0.05) is 41.4 Å². The lowest BCUT2D eigenvalue weighted by Gasteiger charge is -2.13. The number of nitrogens with two attached hydrogens (primary N) is 1. The maximum Gasteiger partial charge on any atom is 0.275 e. The zero-order valence-electron chi connectivity index (χ0n) is 13.0. The smallest absolute Gasteiger partial charge is 0.275 e. The van der Waals surface area contributed by atoms with Gasteiger partial charge in [0, 0.05) is 17.7 Å². The van der Waals surface area contributed by atoms with E-state index in [0.717, 1.165) is 0 Å². The van der Waals surface area contributed by atoms with Crippen LogP contribution in [0.5, 0.6) is 0 Å². The summed E-state index contributed by atoms with van der Waals surface area (Å²) in [6, 6.07) is 8.62. The van der Waals surface area contributed by atoms with E-state index in [-0.39, 0.29) is 35.9 Å². The van der Waals surface area contributed by atoms with E-state index in [1.165, 1.54) is 18.2 Å². The summed E-state index contributed by atoms with van der Waals surface area (Å²) in [6.07, 6.45) is 0. The molecule has 2 aromatic rings. The Hall–Kier alpha value is -1.69. The molecular weight excluding hydrogens is 357 g/mol. The van der Waals surface area contributed by atoms with Crippen molar-refractivity contribution < 1.29 is 18.9 Å². The lowest BCUT2D eigenvalue weighted by molar-refractivity contribution is -0.682. The zero-order chi connectivity index (χ0) is 17.7. The zero-order valence-corrected chi connectivity index (χ0v) is 14.5. The second-order valence-corrected chi connectivity index (χ2v) is 6.20. The van der Waals surface area contributed by atoms with Gasteiger partial charge in [0.2, 0.25) is 0 Å². The summed E-state index contributed by atoms with van der Waals surface area (Å²) < 4.78 is 27.0. The van der Waals surface area contributed by atoms with Crippen LogP contribution in [0.15, 0.2) is 36.4 Å². The van der Waals surface area contributed by atoms with Crippen molar-refractivity contribution in [3.8, 4) is 0 Å². The molecule has 128 valence electrons. The van der Waals surface area contributed by atoms with Gasteiger partial charge in [-0.05, 0) is 25.1 Å². The van der Waals surface area contributed by atoms with Crippen LogP contribution in [0.1, 0.15) is 24.1 Å². The molecule has 0 aliphatic carbocycles. The predicted molar refractivity (Wildman–Crippen MR) is 89.9 cm³/mol. The first kappa shape index (κ1) is 18.6. The Morgan fingerprint density at radius 2 is 1.88 bits per heavy atom. The van der Waals surface area contributed by atoms with Crippen molar-refractivity contribution >= 4 is 29.1 Å². The Bertz CT molecular complexity index is 741. The lowest BCUT2D eigenvalue weighted by Crippen LogP contribution is -2.87. The molecule has 0 radical (unpaired) electrons. The van der Waals surface area contributed by atoms with Gasteiger partial charge >= 0.3 is 0 Å². The van der Waals surface area contributed by atoms with E-state index < -0.39 is 5.82 Å². The Labute approximate surface area is 149 Å². The molecule has 0 aromatic heterocycles. The minimum Gasteiger partial charge on any atom is -0.347 e. The molecule has 0 fully saturated rings. The van der Waals surface area contributed by atoms with Crippen LogP contribution >= 0.6 is 23.2 Å². The molecule has 0 aliphatic heterocycles. The molecule has 1 atom stereocenters. The number of amides is 1. The van der Waals surface area contributed by atoms with Crippen molar-refractivity contribution in [2.75, 3.05) is 6.54 Å². The van der Waals surface area contributed by atoms with Crippen LogP contribution in [0, 0.1) is 11.6 Å². The minimum atomic E-state index is -0.555. The van der Waals surface area contributed by atoms with Crippen molar-refractivity contribution in [1.82, 2.24) is 5.32 Å². The highest BCUT2D eigenvalue weighted by Gasteiger charge is 2.17. The fraction of sp³-hybridized carbons (Fsp3) is 0.235. The van der Waals surface area contributed by atoms with E-state index >= 15 is 0 Å². The van der Waals surface area contributed by atoms with Gasteiger partial charge in [-0.2, -0.15) is 0 Å².